The van der Waals surface area contributed by atoms with Crippen LogP contribution in [-0.2, 0) is 12.0 Å². The van der Waals surface area contributed by atoms with Gasteiger partial charge in [-0.3, -0.25) is 0 Å². The van der Waals surface area contributed by atoms with Crippen LogP contribution in [0.25, 0.3) is 0 Å². The minimum Gasteiger partial charge on any atom is -0.175 e. The van der Waals surface area contributed by atoms with Gasteiger partial charge in [0.2, 0.25) is 0 Å². The maximum atomic E-state index is 11.9. The van der Waals surface area contributed by atoms with E-state index in [4.69, 9.17) is 0 Å². The summed E-state index contributed by atoms with van der Waals surface area (Å²) in [6.45, 7) is 4.47. The van der Waals surface area contributed by atoms with Crippen molar-refractivity contribution in [1.82, 2.24) is 15.0 Å². The van der Waals surface area contributed by atoms with Crippen molar-refractivity contribution in [2.45, 2.75) is 38.9 Å². The van der Waals surface area contributed by atoms with Crippen LogP contribution in [0.15, 0.2) is 6.20 Å². The quantitative estimate of drug-likeness (QED) is 0.706. The van der Waals surface area contributed by atoms with E-state index in [9.17, 15) is 13.2 Å². The Hall–Kier alpha value is -1.07. The Kier molecular flexibility index (Phi) is 2.56. The number of rotatable bonds is 1. The van der Waals surface area contributed by atoms with Gasteiger partial charge in [0.25, 0.3) is 0 Å². The Morgan fingerprint density at radius 1 is 1.29 bits per heavy atom. The summed E-state index contributed by atoms with van der Waals surface area (Å²) in [5, 5.41) is 7.31. The van der Waals surface area contributed by atoms with Crippen LogP contribution in [0.4, 0.5) is 13.2 Å². The van der Waals surface area contributed by atoms with Gasteiger partial charge in [-0.15, -0.1) is 0 Å². The number of alkyl halides is 3. The highest BCUT2D eigenvalue weighted by molar-refractivity contribution is 5.05. The zero-order valence-corrected chi connectivity index (χ0v) is 8.26. The fourth-order valence-corrected chi connectivity index (χ4v) is 0.878. The monoisotopic (exact) mass is 207 g/mol. The minimum atomic E-state index is -4.27. The van der Waals surface area contributed by atoms with E-state index in [0.29, 0.717) is 10.5 Å². The van der Waals surface area contributed by atoms with Gasteiger partial charge in [-0.1, -0.05) is 20.8 Å². The lowest BCUT2D eigenvalue weighted by Gasteiger charge is -2.13. The topological polar surface area (TPSA) is 30.7 Å². The first kappa shape index (κ1) is 11.0. The van der Waals surface area contributed by atoms with Crippen LogP contribution in [0.2, 0.25) is 0 Å². The Balaban J connectivity index is 2.79. The smallest absolute Gasteiger partial charge is 0.175 e. The first-order valence-corrected chi connectivity index (χ1v) is 4.16. The molecular formula is C8H12F3N3. The summed E-state index contributed by atoms with van der Waals surface area (Å²) >= 11 is 0. The summed E-state index contributed by atoms with van der Waals surface area (Å²) in [5.74, 6) is 0. The highest BCUT2D eigenvalue weighted by atomic mass is 19.4. The zero-order valence-electron chi connectivity index (χ0n) is 8.26. The maximum Gasteiger partial charge on any atom is 0.409 e. The molecule has 0 aliphatic heterocycles. The molecule has 0 amide bonds. The second kappa shape index (κ2) is 3.25. The number of hydrogen-bond acceptors (Lipinski definition) is 2. The highest BCUT2D eigenvalue weighted by Gasteiger charge is 2.30. The molecular weight excluding hydrogens is 195 g/mol. The summed E-state index contributed by atoms with van der Waals surface area (Å²) in [6.07, 6.45) is -2.90. The molecule has 0 aliphatic rings. The average Bonchev–Trinajstić information content (AvgIpc) is 2.29. The van der Waals surface area contributed by atoms with E-state index >= 15 is 0 Å². The van der Waals surface area contributed by atoms with E-state index in [2.05, 4.69) is 10.2 Å². The lowest BCUT2D eigenvalue weighted by molar-refractivity contribution is -0.145. The van der Waals surface area contributed by atoms with Gasteiger partial charge in [0.15, 0.2) is 6.54 Å². The van der Waals surface area contributed by atoms with Crippen molar-refractivity contribution in [1.29, 1.82) is 0 Å². The zero-order chi connectivity index (χ0) is 11.0. The Labute approximate surface area is 79.9 Å². The fraction of sp³-hybridized carbons (Fsp3) is 0.750. The van der Waals surface area contributed by atoms with Crippen LogP contribution in [0.3, 0.4) is 0 Å². The summed E-state index contributed by atoms with van der Waals surface area (Å²) in [6, 6.07) is 0. The van der Waals surface area contributed by atoms with Gasteiger partial charge in [-0.05, 0) is 0 Å². The van der Waals surface area contributed by atoms with Crippen LogP contribution in [0.5, 0.6) is 0 Å². The molecule has 0 unspecified atom stereocenters. The predicted molar refractivity (Wildman–Crippen MR) is 44.8 cm³/mol. The van der Waals surface area contributed by atoms with E-state index in [0.717, 1.165) is 0 Å². The molecule has 6 heteroatoms. The molecule has 0 aromatic carbocycles. The molecule has 1 rings (SSSR count). The van der Waals surface area contributed by atoms with E-state index in [-0.39, 0.29) is 5.41 Å². The van der Waals surface area contributed by atoms with Crippen LogP contribution in [0.1, 0.15) is 26.5 Å². The summed E-state index contributed by atoms with van der Waals surface area (Å²) in [7, 11) is 0. The van der Waals surface area contributed by atoms with E-state index in [1.807, 2.05) is 20.8 Å². The van der Waals surface area contributed by atoms with Gasteiger partial charge in [0.1, 0.15) is 0 Å². The molecule has 0 saturated carbocycles. The third-order valence-corrected chi connectivity index (χ3v) is 1.63. The molecule has 0 aliphatic carbocycles. The molecule has 0 bridgehead atoms. The van der Waals surface area contributed by atoms with E-state index < -0.39 is 12.7 Å². The lowest BCUT2D eigenvalue weighted by atomic mass is 9.93. The number of halogens is 3. The summed E-state index contributed by atoms with van der Waals surface area (Å²) in [5.41, 5.74) is 0.283. The second-order valence-electron chi connectivity index (χ2n) is 4.13. The molecule has 0 atom stereocenters. The SMILES string of the molecule is CC(C)(C)c1cnn(CC(F)(F)F)n1. The summed E-state index contributed by atoms with van der Waals surface area (Å²) in [4.78, 5) is 0.667. The van der Waals surface area contributed by atoms with Gasteiger partial charge >= 0.3 is 6.18 Å². The van der Waals surface area contributed by atoms with Crippen molar-refractivity contribution in [2.75, 3.05) is 0 Å². The third kappa shape index (κ3) is 3.01. The van der Waals surface area contributed by atoms with Crippen molar-refractivity contribution in [3.05, 3.63) is 11.9 Å². The molecule has 1 heterocycles. The standard InChI is InChI=1S/C8H12F3N3/c1-7(2,3)6-4-12-14(13-6)5-8(9,10)11/h4H,5H2,1-3H3. The van der Waals surface area contributed by atoms with Gasteiger partial charge in [0.05, 0.1) is 11.9 Å². The number of nitrogens with zero attached hydrogens (tertiary/aromatic N) is 3. The predicted octanol–water partition coefficient (Wildman–Crippen LogP) is 2.14. The van der Waals surface area contributed by atoms with Crippen molar-refractivity contribution in [3.8, 4) is 0 Å². The molecule has 0 fully saturated rings. The van der Waals surface area contributed by atoms with Crippen molar-refractivity contribution < 1.29 is 13.2 Å². The Morgan fingerprint density at radius 2 is 1.86 bits per heavy atom. The molecule has 0 N–H and O–H groups in total. The van der Waals surface area contributed by atoms with Crippen LogP contribution >= 0.6 is 0 Å². The average molecular weight is 207 g/mol. The maximum absolute atomic E-state index is 11.9. The third-order valence-electron chi connectivity index (χ3n) is 1.63. The second-order valence-corrected chi connectivity index (χ2v) is 4.13. The van der Waals surface area contributed by atoms with E-state index in [1.165, 1.54) is 6.20 Å². The van der Waals surface area contributed by atoms with E-state index in [1.54, 1.807) is 0 Å². The van der Waals surface area contributed by atoms with Crippen LogP contribution in [-0.4, -0.2) is 21.2 Å². The van der Waals surface area contributed by atoms with Crippen molar-refractivity contribution >= 4 is 0 Å². The first-order chi connectivity index (χ1) is 6.18. The lowest BCUT2D eigenvalue weighted by Crippen LogP contribution is -2.20. The number of aromatic nitrogens is 3. The van der Waals surface area contributed by atoms with Crippen LogP contribution in [0, 0.1) is 0 Å². The molecule has 0 spiro atoms. The molecule has 0 saturated heterocycles. The minimum absolute atomic E-state index is 0.274. The van der Waals surface area contributed by atoms with Gasteiger partial charge in [-0.25, -0.2) is 0 Å². The van der Waals surface area contributed by atoms with Gasteiger partial charge in [0, 0.05) is 5.41 Å². The van der Waals surface area contributed by atoms with Crippen LogP contribution < -0.4 is 0 Å². The van der Waals surface area contributed by atoms with Gasteiger partial charge < -0.3 is 0 Å². The fourth-order valence-electron chi connectivity index (χ4n) is 0.878. The Bertz CT molecular complexity index is 308. The Morgan fingerprint density at radius 3 is 2.21 bits per heavy atom. The highest BCUT2D eigenvalue weighted by Crippen LogP contribution is 2.20. The van der Waals surface area contributed by atoms with Crippen molar-refractivity contribution in [2.24, 2.45) is 0 Å². The number of hydrogen-bond donors (Lipinski definition) is 0. The molecule has 1 aromatic heterocycles. The molecule has 0 radical (unpaired) electrons. The van der Waals surface area contributed by atoms with Crippen molar-refractivity contribution in [3.63, 3.8) is 0 Å². The van der Waals surface area contributed by atoms with Gasteiger partial charge in [-0.2, -0.15) is 28.2 Å². The largest absolute Gasteiger partial charge is 0.409 e. The molecule has 80 valence electrons. The molecule has 1 aromatic rings. The molecule has 3 nitrogen and oxygen atoms in total. The normalized spacial score (nSPS) is 13.3. The summed E-state index contributed by atoms with van der Waals surface area (Å²) < 4.78 is 35.8. The first-order valence-electron chi connectivity index (χ1n) is 4.16. The molecule has 14 heavy (non-hydrogen) atoms.